The molecule has 42 heavy (non-hydrogen) atoms. The van der Waals surface area contributed by atoms with E-state index in [9.17, 15) is 18.8 Å². The second kappa shape index (κ2) is 10.5. The van der Waals surface area contributed by atoms with E-state index >= 15 is 0 Å². The van der Waals surface area contributed by atoms with Crippen LogP contribution in [-0.2, 0) is 4.79 Å². The highest BCUT2D eigenvalue weighted by Crippen LogP contribution is 2.38. The number of aryl methyl sites for hydroxylation is 1. The number of pyridine rings is 1. The molecular weight excluding hydrogens is 531 g/mol. The highest BCUT2D eigenvalue weighted by Gasteiger charge is 2.50. The van der Waals surface area contributed by atoms with Crippen molar-refractivity contribution in [2.45, 2.75) is 52.6 Å². The first-order valence-electron chi connectivity index (χ1n) is 14.4. The Morgan fingerprint density at radius 1 is 1.00 bits per heavy atom. The number of rotatable bonds is 6. The van der Waals surface area contributed by atoms with Crippen LogP contribution in [0.2, 0.25) is 0 Å². The molecule has 2 aromatic carbocycles. The van der Waals surface area contributed by atoms with E-state index in [2.05, 4.69) is 9.97 Å². The summed E-state index contributed by atoms with van der Waals surface area (Å²) in [6, 6.07) is 17.5. The number of ketones is 1. The molecule has 0 radical (unpaired) electrons. The molecule has 6 rings (SSSR count). The Bertz CT molecular complexity index is 1690. The number of aromatic nitrogens is 2. The predicted molar refractivity (Wildman–Crippen MR) is 160 cm³/mol. The zero-order valence-corrected chi connectivity index (χ0v) is 24.4. The molecule has 216 valence electrons. The number of halogens is 1. The Morgan fingerprint density at radius 3 is 2.40 bits per heavy atom. The molecule has 7 nitrogen and oxygen atoms in total. The lowest BCUT2D eigenvalue weighted by atomic mass is 9.76. The Hall–Kier alpha value is -4.33. The quantitative estimate of drug-likeness (QED) is 0.289. The van der Waals surface area contributed by atoms with Crippen LogP contribution in [0.5, 0.6) is 0 Å². The van der Waals surface area contributed by atoms with Gasteiger partial charge in [-0.05, 0) is 48.6 Å². The summed E-state index contributed by atoms with van der Waals surface area (Å²) in [5, 5.41) is 0.973. The van der Waals surface area contributed by atoms with Gasteiger partial charge in [-0.25, -0.2) is 4.39 Å². The van der Waals surface area contributed by atoms with Gasteiger partial charge in [0.1, 0.15) is 11.5 Å². The van der Waals surface area contributed by atoms with Crippen LogP contribution < -0.4 is 0 Å². The molecule has 3 atom stereocenters. The standard InChI is InChI=1S/C34H35FN4O3/c1-20-9-10-21-14-30(37-29(21)13-20)31(40)16-26(34(2,3)4)32(41)38-18-24-15-23(38)19-39(24)33(42)28-12-11-22(17-36-28)25-7-5-6-8-27(25)35/h5-14,17,23-24,26,37H,15-16,18-19H2,1-4H3/t23-,24-,26+/m0/s1. The van der Waals surface area contributed by atoms with Crippen molar-refractivity contribution in [1.82, 2.24) is 19.8 Å². The molecule has 0 unspecified atom stereocenters. The van der Waals surface area contributed by atoms with E-state index in [1.807, 2.05) is 56.9 Å². The fourth-order valence-corrected chi connectivity index (χ4v) is 6.36. The summed E-state index contributed by atoms with van der Waals surface area (Å²) in [5.74, 6) is -1.13. The molecular formula is C34H35FN4O3. The van der Waals surface area contributed by atoms with Crippen molar-refractivity contribution in [3.63, 3.8) is 0 Å². The van der Waals surface area contributed by atoms with Crippen molar-refractivity contribution >= 4 is 28.5 Å². The second-order valence-electron chi connectivity index (χ2n) is 12.7. The lowest BCUT2D eigenvalue weighted by Gasteiger charge is -2.39. The number of aromatic amines is 1. The number of amides is 2. The lowest BCUT2D eigenvalue weighted by molar-refractivity contribution is -0.141. The van der Waals surface area contributed by atoms with E-state index in [1.54, 1.807) is 35.2 Å². The molecule has 0 saturated carbocycles. The van der Waals surface area contributed by atoms with E-state index in [4.69, 9.17) is 0 Å². The molecule has 4 aromatic rings. The van der Waals surface area contributed by atoms with Gasteiger partial charge in [0.15, 0.2) is 5.78 Å². The van der Waals surface area contributed by atoms with Gasteiger partial charge >= 0.3 is 0 Å². The molecule has 8 heteroatoms. The summed E-state index contributed by atoms with van der Waals surface area (Å²) in [4.78, 5) is 51.9. The maximum absolute atomic E-state index is 14.2. The van der Waals surface area contributed by atoms with E-state index in [1.165, 1.54) is 12.3 Å². The number of nitrogens with one attached hydrogen (secondary N) is 1. The van der Waals surface area contributed by atoms with Gasteiger partial charge in [0.05, 0.1) is 23.7 Å². The SMILES string of the molecule is Cc1ccc2cc(C(=O)C[C@H](C(=O)N3C[C@@H]4C[C@H]3CN4C(=O)c3ccc(-c4ccccc4F)cn3)C(C)(C)C)[nH]c2c1. The van der Waals surface area contributed by atoms with Gasteiger partial charge < -0.3 is 14.8 Å². The first-order chi connectivity index (χ1) is 20.0. The normalized spacial score (nSPS) is 19.0. The van der Waals surface area contributed by atoms with Crippen LogP contribution in [0.4, 0.5) is 4.39 Å². The van der Waals surface area contributed by atoms with Crippen molar-refractivity contribution in [1.29, 1.82) is 0 Å². The number of piperazine rings is 1. The second-order valence-corrected chi connectivity index (χ2v) is 12.7. The third-order valence-electron chi connectivity index (χ3n) is 8.76. The van der Waals surface area contributed by atoms with Gasteiger partial charge in [0, 0.05) is 47.7 Å². The number of H-pyrrole nitrogens is 1. The zero-order valence-electron chi connectivity index (χ0n) is 24.4. The number of hydrogen-bond donors (Lipinski definition) is 1. The third-order valence-corrected chi connectivity index (χ3v) is 8.76. The number of carbonyl (C=O) groups excluding carboxylic acids is 3. The van der Waals surface area contributed by atoms with Crippen molar-refractivity contribution in [2.75, 3.05) is 13.1 Å². The van der Waals surface area contributed by atoms with Crippen LogP contribution in [0.15, 0.2) is 66.9 Å². The van der Waals surface area contributed by atoms with Gasteiger partial charge in [0.2, 0.25) is 5.91 Å². The number of nitrogens with zero attached hydrogens (tertiary/aromatic N) is 3. The van der Waals surface area contributed by atoms with Gasteiger partial charge in [-0.2, -0.15) is 0 Å². The maximum atomic E-state index is 14.2. The minimum atomic E-state index is -0.491. The highest BCUT2D eigenvalue weighted by atomic mass is 19.1. The highest BCUT2D eigenvalue weighted by molar-refractivity contribution is 6.01. The summed E-state index contributed by atoms with van der Waals surface area (Å²) < 4.78 is 14.2. The van der Waals surface area contributed by atoms with Crippen molar-refractivity contribution in [3.05, 3.63) is 89.6 Å². The Morgan fingerprint density at radius 2 is 1.74 bits per heavy atom. The van der Waals surface area contributed by atoms with Crippen LogP contribution in [0.1, 0.15) is 60.2 Å². The number of likely N-dealkylation sites (tertiary alicyclic amines) is 2. The fraction of sp³-hybridized carbons (Fsp3) is 0.353. The molecule has 2 aliphatic rings. The third kappa shape index (κ3) is 5.10. The molecule has 4 heterocycles. The molecule has 1 N–H and O–H groups in total. The Kier molecular flexibility index (Phi) is 6.95. The number of fused-ring (bicyclic) bond motifs is 3. The van der Waals surface area contributed by atoms with Gasteiger partial charge in [-0.1, -0.05) is 57.2 Å². The molecule has 2 bridgehead atoms. The summed E-state index contributed by atoms with van der Waals surface area (Å²) in [6.45, 7) is 8.87. The first-order valence-corrected chi connectivity index (χ1v) is 14.4. The first kappa shape index (κ1) is 27.8. The number of carbonyl (C=O) groups is 3. The summed E-state index contributed by atoms with van der Waals surface area (Å²) in [7, 11) is 0. The molecule has 2 aliphatic heterocycles. The van der Waals surface area contributed by atoms with Crippen molar-refractivity contribution in [3.8, 4) is 11.1 Å². The average Bonchev–Trinajstić information content (AvgIpc) is 3.69. The number of benzene rings is 2. The fourth-order valence-electron chi connectivity index (χ4n) is 6.36. The van der Waals surface area contributed by atoms with Crippen LogP contribution in [0, 0.1) is 24.1 Å². The van der Waals surface area contributed by atoms with Crippen LogP contribution in [0.3, 0.4) is 0 Å². The van der Waals surface area contributed by atoms with Gasteiger partial charge in [-0.3, -0.25) is 19.4 Å². The summed E-state index contributed by atoms with van der Waals surface area (Å²) in [6.07, 6.45) is 2.34. The Labute approximate surface area is 244 Å². The van der Waals surface area contributed by atoms with Crippen LogP contribution in [-0.4, -0.2) is 62.5 Å². The maximum Gasteiger partial charge on any atom is 0.272 e. The minimum Gasteiger partial charge on any atom is -0.352 e. The van der Waals surface area contributed by atoms with Crippen molar-refractivity contribution < 1.29 is 18.8 Å². The van der Waals surface area contributed by atoms with Gasteiger partial charge in [-0.15, -0.1) is 0 Å². The van der Waals surface area contributed by atoms with E-state index in [-0.39, 0.29) is 41.9 Å². The van der Waals surface area contributed by atoms with Crippen LogP contribution in [0.25, 0.3) is 22.0 Å². The molecule has 2 amide bonds. The van der Waals surface area contributed by atoms with Gasteiger partial charge in [0.25, 0.3) is 5.91 Å². The largest absolute Gasteiger partial charge is 0.352 e. The smallest absolute Gasteiger partial charge is 0.272 e. The van der Waals surface area contributed by atoms with Crippen molar-refractivity contribution in [2.24, 2.45) is 11.3 Å². The summed E-state index contributed by atoms with van der Waals surface area (Å²) >= 11 is 0. The average molecular weight is 567 g/mol. The predicted octanol–water partition coefficient (Wildman–Crippen LogP) is 6.04. The molecule has 2 aromatic heterocycles. The zero-order chi connectivity index (χ0) is 29.8. The van der Waals surface area contributed by atoms with E-state index in [0.717, 1.165) is 16.5 Å². The lowest BCUT2D eigenvalue weighted by Crippen LogP contribution is -2.53. The van der Waals surface area contributed by atoms with E-state index in [0.29, 0.717) is 42.0 Å². The minimum absolute atomic E-state index is 0.0326. The topological polar surface area (TPSA) is 86.4 Å². The molecule has 0 spiro atoms. The van der Waals surface area contributed by atoms with E-state index < -0.39 is 11.3 Å². The summed E-state index contributed by atoms with van der Waals surface area (Å²) in [5.41, 5.74) is 3.46. The molecule has 2 fully saturated rings. The molecule has 2 saturated heterocycles. The molecule has 0 aliphatic carbocycles. The Balaban J connectivity index is 1.13. The monoisotopic (exact) mass is 566 g/mol. The number of Topliss-reactive ketones (excluding diaryl/α,β-unsaturated/α-hetero) is 1. The number of hydrogen-bond acceptors (Lipinski definition) is 4. The van der Waals surface area contributed by atoms with Crippen LogP contribution >= 0.6 is 0 Å².